The summed E-state index contributed by atoms with van der Waals surface area (Å²) in [6.07, 6.45) is 1.65. The van der Waals surface area contributed by atoms with Crippen LogP contribution in [0.1, 0.15) is 16.7 Å². The second-order valence-corrected chi connectivity index (χ2v) is 5.25. The summed E-state index contributed by atoms with van der Waals surface area (Å²) in [6.45, 7) is 0.637. The fourth-order valence-electron chi connectivity index (χ4n) is 2.07. The largest absolute Gasteiger partial charge is 0.466 e. The van der Waals surface area contributed by atoms with E-state index in [0.29, 0.717) is 12.3 Å². The molecule has 1 amide bonds. The normalized spacial score (nSPS) is 19.4. The van der Waals surface area contributed by atoms with E-state index in [1.165, 1.54) is 0 Å². The number of carbonyl (C=O) groups excluding carboxylic acids is 1. The van der Waals surface area contributed by atoms with Gasteiger partial charge in [-0.05, 0) is 17.7 Å². The van der Waals surface area contributed by atoms with Gasteiger partial charge < -0.3 is 9.32 Å². The Morgan fingerprint density at radius 2 is 2.06 bits per heavy atom. The summed E-state index contributed by atoms with van der Waals surface area (Å²) in [5.74, 6) is 1.55. The summed E-state index contributed by atoms with van der Waals surface area (Å²) in [5, 5.41) is 0.00714. The number of carbonyl (C=O) groups is 1. The lowest BCUT2D eigenvalue weighted by Crippen LogP contribution is -2.27. The van der Waals surface area contributed by atoms with Crippen molar-refractivity contribution >= 4 is 17.7 Å². The third-order valence-corrected chi connectivity index (χ3v) is 4.17. The van der Waals surface area contributed by atoms with Crippen molar-refractivity contribution in [1.29, 1.82) is 0 Å². The van der Waals surface area contributed by atoms with Gasteiger partial charge >= 0.3 is 0 Å². The van der Waals surface area contributed by atoms with Crippen molar-refractivity contribution in [2.24, 2.45) is 0 Å². The lowest BCUT2D eigenvalue weighted by atomic mass is 10.2. The Bertz CT molecular complexity index is 524. The minimum Gasteiger partial charge on any atom is -0.466 e. The molecule has 1 aliphatic heterocycles. The second kappa shape index (κ2) is 4.90. The molecule has 0 aliphatic carbocycles. The number of benzene rings is 1. The number of rotatable bonds is 3. The van der Waals surface area contributed by atoms with Gasteiger partial charge in [0, 0.05) is 6.54 Å². The smallest absolute Gasteiger partial charge is 0.234 e. The van der Waals surface area contributed by atoms with Crippen molar-refractivity contribution in [1.82, 2.24) is 4.90 Å². The molecule has 18 heavy (non-hydrogen) atoms. The van der Waals surface area contributed by atoms with Crippen LogP contribution in [0, 0.1) is 0 Å². The van der Waals surface area contributed by atoms with Crippen LogP contribution in [0.15, 0.2) is 53.1 Å². The van der Waals surface area contributed by atoms with Gasteiger partial charge in [-0.25, -0.2) is 0 Å². The van der Waals surface area contributed by atoms with Crippen LogP contribution in [-0.4, -0.2) is 16.6 Å². The number of hydrogen-bond donors (Lipinski definition) is 0. The highest BCUT2D eigenvalue weighted by atomic mass is 32.2. The highest BCUT2D eigenvalue weighted by Crippen LogP contribution is 2.39. The molecule has 1 atom stereocenters. The van der Waals surface area contributed by atoms with E-state index in [0.717, 1.165) is 11.3 Å². The van der Waals surface area contributed by atoms with Crippen LogP contribution in [0.3, 0.4) is 0 Å². The molecule has 0 saturated carbocycles. The maximum Gasteiger partial charge on any atom is 0.234 e. The first kappa shape index (κ1) is 11.4. The maximum absolute atomic E-state index is 11.9. The minimum absolute atomic E-state index is 0.00714. The predicted molar refractivity (Wildman–Crippen MR) is 70.9 cm³/mol. The SMILES string of the molecule is O=C1CS[C@H](c2ccco2)N1Cc1ccccc1. The summed E-state index contributed by atoms with van der Waals surface area (Å²) < 4.78 is 5.42. The predicted octanol–water partition coefficient (Wildman–Crippen LogP) is 3.05. The second-order valence-electron chi connectivity index (χ2n) is 4.19. The van der Waals surface area contributed by atoms with Crippen molar-refractivity contribution in [2.75, 3.05) is 5.75 Å². The van der Waals surface area contributed by atoms with E-state index >= 15 is 0 Å². The van der Waals surface area contributed by atoms with Gasteiger partial charge in [0.05, 0.1) is 12.0 Å². The van der Waals surface area contributed by atoms with Gasteiger partial charge in [-0.3, -0.25) is 4.79 Å². The van der Waals surface area contributed by atoms with E-state index in [9.17, 15) is 4.79 Å². The monoisotopic (exact) mass is 259 g/mol. The Hall–Kier alpha value is -1.68. The van der Waals surface area contributed by atoms with Gasteiger partial charge in [-0.1, -0.05) is 30.3 Å². The van der Waals surface area contributed by atoms with E-state index in [4.69, 9.17) is 4.42 Å². The highest BCUT2D eigenvalue weighted by Gasteiger charge is 2.34. The zero-order chi connectivity index (χ0) is 12.4. The summed E-state index contributed by atoms with van der Waals surface area (Å²) in [4.78, 5) is 13.8. The van der Waals surface area contributed by atoms with E-state index in [1.54, 1.807) is 18.0 Å². The van der Waals surface area contributed by atoms with Crippen LogP contribution < -0.4 is 0 Å². The molecule has 1 saturated heterocycles. The lowest BCUT2D eigenvalue weighted by Gasteiger charge is -2.22. The number of furan rings is 1. The molecule has 2 heterocycles. The minimum atomic E-state index is 0.00714. The number of amides is 1. The average molecular weight is 259 g/mol. The molecule has 0 unspecified atom stereocenters. The molecule has 3 rings (SSSR count). The van der Waals surface area contributed by atoms with Crippen LogP contribution in [0.4, 0.5) is 0 Å². The molecule has 0 N–H and O–H groups in total. The van der Waals surface area contributed by atoms with E-state index in [-0.39, 0.29) is 11.3 Å². The van der Waals surface area contributed by atoms with Crippen LogP contribution in [0.5, 0.6) is 0 Å². The maximum atomic E-state index is 11.9. The quantitative estimate of drug-likeness (QED) is 0.849. The third-order valence-electron chi connectivity index (χ3n) is 2.95. The molecular weight excluding hydrogens is 246 g/mol. The molecule has 2 aromatic rings. The Labute approximate surface area is 110 Å². The van der Waals surface area contributed by atoms with Gasteiger partial charge in [0.15, 0.2) is 0 Å². The first-order valence-corrected chi connectivity index (χ1v) is 6.88. The third kappa shape index (κ3) is 2.16. The van der Waals surface area contributed by atoms with Crippen molar-refractivity contribution in [3.63, 3.8) is 0 Å². The van der Waals surface area contributed by atoms with E-state index in [1.807, 2.05) is 47.4 Å². The Balaban J connectivity index is 1.82. The Kier molecular flexibility index (Phi) is 3.11. The van der Waals surface area contributed by atoms with Gasteiger partial charge in [-0.2, -0.15) is 0 Å². The standard InChI is InChI=1S/C14H13NO2S/c16-13-10-18-14(12-7-4-8-17-12)15(13)9-11-5-2-1-3-6-11/h1-8,14H,9-10H2/t14-/m1/s1. The van der Waals surface area contributed by atoms with Gasteiger partial charge in [0.25, 0.3) is 0 Å². The average Bonchev–Trinajstić information content (AvgIpc) is 3.02. The van der Waals surface area contributed by atoms with Crippen molar-refractivity contribution in [3.8, 4) is 0 Å². The van der Waals surface area contributed by atoms with Gasteiger partial charge in [0.1, 0.15) is 11.1 Å². The fourth-order valence-corrected chi connectivity index (χ4v) is 3.21. The van der Waals surface area contributed by atoms with Crippen LogP contribution >= 0.6 is 11.8 Å². The zero-order valence-electron chi connectivity index (χ0n) is 9.78. The summed E-state index contributed by atoms with van der Waals surface area (Å²) in [7, 11) is 0. The number of thioether (sulfide) groups is 1. The molecule has 0 radical (unpaired) electrons. The topological polar surface area (TPSA) is 33.5 Å². The number of nitrogens with zero attached hydrogens (tertiary/aromatic N) is 1. The Morgan fingerprint density at radius 3 is 2.78 bits per heavy atom. The van der Waals surface area contributed by atoms with Crippen molar-refractivity contribution in [2.45, 2.75) is 11.9 Å². The highest BCUT2D eigenvalue weighted by molar-refractivity contribution is 8.00. The van der Waals surface area contributed by atoms with Crippen LogP contribution in [0.25, 0.3) is 0 Å². The summed E-state index contributed by atoms with van der Waals surface area (Å²) in [6, 6.07) is 13.8. The van der Waals surface area contributed by atoms with Crippen molar-refractivity contribution < 1.29 is 9.21 Å². The first-order chi connectivity index (χ1) is 8.84. The molecule has 1 aromatic carbocycles. The molecule has 1 aromatic heterocycles. The first-order valence-electron chi connectivity index (χ1n) is 5.83. The molecule has 1 aliphatic rings. The zero-order valence-corrected chi connectivity index (χ0v) is 10.6. The van der Waals surface area contributed by atoms with Gasteiger partial charge in [-0.15, -0.1) is 11.8 Å². The summed E-state index contributed by atoms with van der Waals surface area (Å²) in [5.41, 5.74) is 1.14. The van der Waals surface area contributed by atoms with E-state index < -0.39 is 0 Å². The van der Waals surface area contributed by atoms with Gasteiger partial charge in [0.2, 0.25) is 5.91 Å². The number of hydrogen-bond acceptors (Lipinski definition) is 3. The molecule has 0 bridgehead atoms. The van der Waals surface area contributed by atoms with Crippen LogP contribution in [0.2, 0.25) is 0 Å². The molecule has 4 heteroatoms. The van der Waals surface area contributed by atoms with E-state index in [2.05, 4.69) is 0 Å². The lowest BCUT2D eigenvalue weighted by molar-refractivity contribution is -0.128. The molecular formula is C14H13NO2S. The molecule has 0 spiro atoms. The molecule has 1 fully saturated rings. The molecule has 92 valence electrons. The Morgan fingerprint density at radius 1 is 1.22 bits per heavy atom. The fraction of sp³-hybridized carbons (Fsp3) is 0.214. The molecule has 3 nitrogen and oxygen atoms in total. The van der Waals surface area contributed by atoms with Crippen molar-refractivity contribution in [3.05, 3.63) is 60.1 Å². The summed E-state index contributed by atoms with van der Waals surface area (Å²) >= 11 is 1.62. The van der Waals surface area contributed by atoms with Crippen LogP contribution in [-0.2, 0) is 11.3 Å².